The van der Waals surface area contributed by atoms with Gasteiger partial charge in [-0.25, -0.2) is 14.2 Å². The summed E-state index contributed by atoms with van der Waals surface area (Å²) in [5.41, 5.74) is 1.57. The molecule has 2 heterocycles. The molecule has 1 aromatic heterocycles. The molecule has 156 valence electrons. The van der Waals surface area contributed by atoms with Crippen molar-refractivity contribution >= 4 is 51.6 Å². The molecule has 0 unspecified atom stereocenters. The number of anilines is 2. The Hall–Kier alpha value is -2.42. The number of halogens is 3. The van der Waals surface area contributed by atoms with E-state index in [9.17, 15) is 9.18 Å². The summed E-state index contributed by atoms with van der Waals surface area (Å²) in [5, 5.41) is 4.28. The number of nitrogens with one attached hydrogen (secondary N) is 1. The van der Waals surface area contributed by atoms with Gasteiger partial charge >= 0.3 is 6.03 Å². The summed E-state index contributed by atoms with van der Waals surface area (Å²) in [6.07, 6.45) is 0.649. The van der Waals surface area contributed by atoms with Crippen molar-refractivity contribution in [3.63, 3.8) is 0 Å². The average molecular weight is 466 g/mol. The fourth-order valence-electron chi connectivity index (χ4n) is 3.11. The van der Waals surface area contributed by atoms with Gasteiger partial charge in [0.05, 0.1) is 5.02 Å². The van der Waals surface area contributed by atoms with E-state index in [0.717, 1.165) is 16.5 Å². The van der Waals surface area contributed by atoms with Crippen LogP contribution in [0.2, 0.25) is 10.0 Å². The van der Waals surface area contributed by atoms with Gasteiger partial charge in [0.2, 0.25) is 5.13 Å². The minimum absolute atomic E-state index is 0.0247. The molecule has 4 rings (SSSR count). The van der Waals surface area contributed by atoms with Gasteiger partial charge in [-0.3, -0.25) is 0 Å². The number of rotatable bonds is 4. The number of benzene rings is 2. The predicted molar refractivity (Wildman–Crippen MR) is 118 cm³/mol. The largest absolute Gasteiger partial charge is 0.343 e. The zero-order valence-corrected chi connectivity index (χ0v) is 18.1. The third-order valence-electron chi connectivity index (χ3n) is 4.74. The lowest BCUT2D eigenvalue weighted by molar-refractivity contribution is 0.208. The minimum atomic E-state index is -0.518. The first kappa shape index (κ1) is 20.8. The van der Waals surface area contributed by atoms with Crippen molar-refractivity contribution in [3.05, 3.63) is 69.7 Å². The van der Waals surface area contributed by atoms with E-state index in [1.165, 1.54) is 29.7 Å². The number of carbonyl (C=O) groups excluding carboxylic acids is 1. The summed E-state index contributed by atoms with van der Waals surface area (Å²) in [6.45, 7) is 2.42. The van der Waals surface area contributed by atoms with Crippen LogP contribution in [0, 0.1) is 5.82 Å². The SMILES string of the molecule is O=C(Nc1ccc(F)c(Cl)c1)N1CCN(c2nc(Cc3ccc(Cl)cc3)ns2)CC1. The van der Waals surface area contributed by atoms with Crippen LogP contribution in [0.25, 0.3) is 0 Å². The Morgan fingerprint density at radius 1 is 1.10 bits per heavy atom. The molecule has 0 atom stereocenters. The van der Waals surface area contributed by atoms with Crippen LogP contribution in [-0.2, 0) is 6.42 Å². The van der Waals surface area contributed by atoms with Gasteiger partial charge in [0.1, 0.15) is 11.6 Å². The van der Waals surface area contributed by atoms with Gasteiger partial charge in [-0.2, -0.15) is 4.37 Å². The van der Waals surface area contributed by atoms with Crippen molar-refractivity contribution in [2.75, 3.05) is 36.4 Å². The number of amides is 2. The van der Waals surface area contributed by atoms with E-state index >= 15 is 0 Å². The van der Waals surface area contributed by atoms with E-state index in [0.29, 0.717) is 43.3 Å². The molecule has 1 N–H and O–H groups in total. The number of hydrogen-bond acceptors (Lipinski definition) is 5. The average Bonchev–Trinajstić information content (AvgIpc) is 3.21. The van der Waals surface area contributed by atoms with Gasteiger partial charge < -0.3 is 15.1 Å². The summed E-state index contributed by atoms with van der Waals surface area (Å²) >= 11 is 13.1. The van der Waals surface area contributed by atoms with E-state index < -0.39 is 5.82 Å². The van der Waals surface area contributed by atoms with E-state index in [1.54, 1.807) is 4.90 Å². The Morgan fingerprint density at radius 2 is 1.83 bits per heavy atom. The van der Waals surface area contributed by atoms with Gasteiger partial charge in [0, 0.05) is 54.8 Å². The van der Waals surface area contributed by atoms with Gasteiger partial charge in [0.25, 0.3) is 0 Å². The molecular formula is C20H18Cl2FN5OS. The Bertz CT molecular complexity index is 1040. The third-order valence-corrected chi connectivity index (χ3v) is 6.10. The fraction of sp³-hybridized carbons (Fsp3) is 0.250. The van der Waals surface area contributed by atoms with E-state index in [2.05, 4.69) is 19.6 Å². The number of carbonyl (C=O) groups is 1. The molecular weight excluding hydrogens is 448 g/mol. The molecule has 0 spiro atoms. The van der Waals surface area contributed by atoms with Crippen molar-refractivity contribution in [3.8, 4) is 0 Å². The molecule has 1 saturated heterocycles. The molecule has 1 aliphatic heterocycles. The van der Waals surface area contributed by atoms with Crippen LogP contribution in [0.1, 0.15) is 11.4 Å². The highest BCUT2D eigenvalue weighted by atomic mass is 35.5. The quantitative estimate of drug-likeness (QED) is 0.593. The molecule has 2 aromatic carbocycles. The Balaban J connectivity index is 1.31. The summed E-state index contributed by atoms with van der Waals surface area (Å²) in [5.74, 6) is 0.251. The molecule has 3 aromatic rings. The van der Waals surface area contributed by atoms with Gasteiger partial charge in [-0.05, 0) is 35.9 Å². The number of aromatic nitrogens is 2. The number of urea groups is 1. The van der Waals surface area contributed by atoms with Crippen molar-refractivity contribution in [2.24, 2.45) is 0 Å². The minimum Gasteiger partial charge on any atom is -0.343 e. The maximum absolute atomic E-state index is 13.3. The van der Waals surface area contributed by atoms with Crippen LogP contribution in [0.3, 0.4) is 0 Å². The predicted octanol–water partition coefficient (Wildman–Crippen LogP) is 4.93. The first-order valence-corrected chi connectivity index (χ1v) is 10.8. The van der Waals surface area contributed by atoms with Crippen LogP contribution in [0.5, 0.6) is 0 Å². The lowest BCUT2D eigenvalue weighted by atomic mass is 10.1. The van der Waals surface area contributed by atoms with E-state index in [4.69, 9.17) is 23.2 Å². The molecule has 0 aliphatic carbocycles. The van der Waals surface area contributed by atoms with Crippen LogP contribution in [0.15, 0.2) is 42.5 Å². The topological polar surface area (TPSA) is 61.4 Å². The Morgan fingerprint density at radius 3 is 2.53 bits per heavy atom. The van der Waals surface area contributed by atoms with Crippen LogP contribution < -0.4 is 10.2 Å². The van der Waals surface area contributed by atoms with Crippen LogP contribution in [0.4, 0.5) is 20.0 Å². The van der Waals surface area contributed by atoms with Gasteiger partial charge in [0.15, 0.2) is 0 Å². The summed E-state index contributed by atoms with van der Waals surface area (Å²) < 4.78 is 17.7. The maximum atomic E-state index is 13.3. The van der Waals surface area contributed by atoms with E-state index in [-0.39, 0.29) is 11.1 Å². The number of piperazine rings is 1. The lowest BCUT2D eigenvalue weighted by Crippen LogP contribution is -2.50. The van der Waals surface area contributed by atoms with Crippen LogP contribution >= 0.6 is 34.7 Å². The highest BCUT2D eigenvalue weighted by molar-refractivity contribution is 7.09. The van der Waals surface area contributed by atoms with Gasteiger partial charge in [-0.15, -0.1) is 0 Å². The van der Waals surface area contributed by atoms with Crippen molar-refractivity contribution < 1.29 is 9.18 Å². The molecule has 1 fully saturated rings. The summed E-state index contributed by atoms with van der Waals surface area (Å²) in [6, 6.07) is 11.5. The molecule has 10 heteroatoms. The van der Waals surface area contributed by atoms with Crippen LogP contribution in [-0.4, -0.2) is 46.5 Å². The fourth-order valence-corrected chi connectivity index (χ4v) is 4.15. The normalized spacial score (nSPS) is 14.1. The Labute approximate surface area is 187 Å². The highest BCUT2D eigenvalue weighted by Crippen LogP contribution is 2.22. The maximum Gasteiger partial charge on any atom is 0.321 e. The molecule has 2 amide bonds. The first-order valence-electron chi connectivity index (χ1n) is 9.31. The monoisotopic (exact) mass is 465 g/mol. The number of hydrogen-bond donors (Lipinski definition) is 1. The summed E-state index contributed by atoms with van der Waals surface area (Å²) in [7, 11) is 0. The summed E-state index contributed by atoms with van der Waals surface area (Å²) in [4.78, 5) is 20.9. The molecule has 0 saturated carbocycles. The molecule has 6 nitrogen and oxygen atoms in total. The number of nitrogens with zero attached hydrogens (tertiary/aromatic N) is 4. The van der Waals surface area contributed by atoms with Crippen molar-refractivity contribution in [1.82, 2.24) is 14.3 Å². The van der Waals surface area contributed by atoms with Crippen molar-refractivity contribution in [2.45, 2.75) is 6.42 Å². The zero-order valence-electron chi connectivity index (χ0n) is 15.8. The standard InChI is InChI=1S/C20H18Cl2FN5OS/c21-14-3-1-13(2-4-14)11-18-25-20(30-26-18)28-9-7-27(8-10-28)19(29)24-15-5-6-17(23)16(22)12-15/h1-6,12H,7-11H2,(H,24,29). The molecule has 0 bridgehead atoms. The molecule has 30 heavy (non-hydrogen) atoms. The van der Waals surface area contributed by atoms with E-state index in [1.807, 2.05) is 24.3 Å². The molecule has 1 aliphatic rings. The highest BCUT2D eigenvalue weighted by Gasteiger charge is 2.23. The first-order chi connectivity index (χ1) is 14.5. The zero-order chi connectivity index (χ0) is 21.1. The second kappa shape index (κ2) is 9.16. The van der Waals surface area contributed by atoms with Gasteiger partial charge in [-0.1, -0.05) is 35.3 Å². The van der Waals surface area contributed by atoms with Crippen molar-refractivity contribution in [1.29, 1.82) is 0 Å². The third kappa shape index (κ3) is 5.00. The second-order valence-electron chi connectivity index (χ2n) is 6.83. The lowest BCUT2D eigenvalue weighted by Gasteiger charge is -2.34. The Kier molecular flexibility index (Phi) is 6.36. The second-order valence-corrected chi connectivity index (χ2v) is 8.40. The smallest absolute Gasteiger partial charge is 0.321 e. The molecule has 0 radical (unpaired) electrons.